The van der Waals surface area contributed by atoms with Gasteiger partial charge in [-0.3, -0.25) is 14.4 Å². The second-order valence-corrected chi connectivity index (χ2v) is 10.4. The number of carbonyl (C=O) groups excluding carboxylic acids is 2. The summed E-state index contributed by atoms with van der Waals surface area (Å²) in [5, 5.41) is 21.7. The van der Waals surface area contributed by atoms with Crippen molar-refractivity contribution in [3.63, 3.8) is 0 Å². The van der Waals surface area contributed by atoms with Crippen molar-refractivity contribution in [1.29, 1.82) is 5.26 Å². The summed E-state index contributed by atoms with van der Waals surface area (Å²) in [7, 11) is 0. The molecule has 0 bridgehead atoms. The van der Waals surface area contributed by atoms with E-state index in [2.05, 4.69) is 16.1 Å². The molecular weight excluding hydrogens is 515 g/mol. The minimum absolute atomic E-state index is 0.0227. The van der Waals surface area contributed by atoms with E-state index in [1.165, 1.54) is 12.1 Å². The summed E-state index contributed by atoms with van der Waals surface area (Å²) in [6.45, 7) is 0. The zero-order chi connectivity index (χ0) is 27.9. The monoisotopic (exact) mass is 541 g/mol. The van der Waals surface area contributed by atoms with Crippen LogP contribution in [0.1, 0.15) is 72.3 Å². The molecule has 3 unspecified atom stereocenters. The van der Waals surface area contributed by atoms with Crippen molar-refractivity contribution in [1.82, 2.24) is 5.32 Å². The van der Waals surface area contributed by atoms with Crippen LogP contribution in [0.2, 0.25) is 0 Å². The molecule has 3 atom stereocenters. The van der Waals surface area contributed by atoms with E-state index in [1.54, 1.807) is 23.1 Å². The second-order valence-electron chi connectivity index (χ2n) is 10.4. The lowest BCUT2D eigenvalue weighted by Gasteiger charge is -2.47. The van der Waals surface area contributed by atoms with Crippen LogP contribution in [0.3, 0.4) is 0 Å². The van der Waals surface area contributed by atoms with Crippen molar-refractivity contribution < 1.29 is 37.4 Å². The normalized spacial score (nSPS) is 22.7. The van der Waals surface area contributed by atoms with Crippen LogP contribution in [0.5, 0.6) is 5.75 Å². The molecule has 0 aromatic heterocycles. The number of rotatable bonds is 7. The second kappa shape index (κ2) is 9.91. The third-order valence-electron chi connectivity index (χ3n) is 7.93. The molecule has 2 fully saturated rings. The lowest BCUT2D eigenvalue weighted by molar-refractivity contribution is -0.274. The standard InChI is InChI=1S/C28H26F3N3O5/c29-28(30,31)39-18-7-5-17(6-8-18)26(38)34-21-3-1-2-19(21)25(20-14-16(15-32)4-9-22(20)34)27(12-13-27)33-23(35)10-11-24(36)37/h4-9,14,19,21,25H,1-3,10-13H2,(H,33,35)(H,36,37). The summed E-state index contributed by atoms with van der Waals surface area (Å²) in [6, 6.07) is 11.8. The van der Waals surface area contributed by atoms with E-state index in [-0.39, 0.29) is 48.1 Å². The number of nitriles is 1. The van der Waals surface area contributed by atoms with E-state index in [0.717, 1.165) is 30.5 Å². The Morgan fingerprint density at radius 3 is 2.44 bits per heavy atom. The molecule has 2 N–H and O–H groups in total. The van der Waals surface area contributed by atoms with E-state index < -0.39 is 23.6 Å². The third-order valence-corrected chi connectivity index (χ3v) is 7.93. The summed E-state index contributed by atoms with van der Waals surface area (Å²) < 4.78 is 41.7. The largest absolute Gasteiger partial charge is 0.573 e. The van der Waals surface area contributed by atoms with Gasteiger partial charge in [-0.15, -0.1) is 13.2 Å². The number of amides is 2. The molecule has 3 aliphatic rings. The molecular formula is C28H26F3N3O5. The van der Waals surface area contributed by atoms with Gasteiger partial charge in [0, 0.05) is 35.2 Å². The molecule has 39 heavy (non-hydrogen) atoms. The first-order chi connectivity index (χ1) is 18.5. The molecule has 2 aliphatic carbocycles. The lowest BCUT2D eigenvalue weighted by atomic mass is 9.71. The van der Waals surface area contributed by atoms with Crippen LogP contribution in [0.4, 0.5) is 18.9 Å². The van der Waals surface area contributed by atoms with E-state index in [9.17, 15) is 32.8 Å². The number of anilines is 1. The fourth-order valence-electron chi connectivity index (χ4n) is 6.30. The SMILES string of the molecule is N#Cc1ccc2c(c1)C(C1(NC(=O)CCC(=O)O)CC1)C1CCCC1N2C(=O)c1ccc(OC(F)(F)F)cc1. The van der Waals surface area contributed by atoms with Crippen molar-refractivity contribution in [3.8, 4) is 11.8 Å². The van der Waals surface area contributed by atoms with Crippen molar-refractivity contribution in [2.45, 2.75) is 68.8 Å². The number of aliphatic carboxylic acids is 1. The molecule has 2 aromatic carbocycles. The molecule has 1 aliphatic heterocycles. The molecule has 1 heterocycles. The molecule has 204 valence electrons. The quantitative estimate of drug-likeness (QED) is 0.516. The number of alkyl halides is 3. The Kier molecular flexibility index (Phi) is 6.74. The smallest absolute Gasteiger partial charge is 0.481 e. The Morgan fingerprint density at radius 2 is 1.82 bits per heavy atom. The number of nitrogens with one attached hydrogen (secondary N) is 1. The Hall–Kier alpha value is -4.07. The maximum absolute atomic E-state index is 13.8. The number of halogens is 3. The molecule has 0 radical (unpaired) electrons. The summed E-state index contributed by atoms with van der Waals surface area (Å²) >= 11 is 0. The number of hydrogen-bond donors (Lipinski definition) is 2. The number of carboxylic acid groups (broad SMARTS) is 1. The molecule has 2 amide bonds. The predicted molar refractivity (Wildman–Crippen MR) is 132 cm³/mol. The molecule has 8 nitrogen and oxygen atoms in total. The molecule has 5 rings (SSSR count). The number of fused-ring (bicyclic) bond motifs is 2. The number of hydrogen-bond acceptors (Lipinski definition) is 5. The zero-order valence-corrected chi connectivity index (χ0v) is 20.8. The molecule has 0 saturated heterocycles. The van der Waals surface area contributed by atoms with Crippen molar-refractivity contribution in [3.05, 3.63) is 59.2 Å². The van der Waals surface area contributed by atoms with Crippen LogP contribution in [0.15, 0.2) is 42.5 Å². The minimum atomic E-state index is -4.84. The highest BCUT2D eigenvalue weighted by Gasteiger charge is 2.59. The van der Waals surface area contributed by atoms with Crippen molar-refractivity contribution in [2.75, 3.05) is 4.90 Å². The Bertz CT molecular complexity index is 1350. The average molecular weight is 542 g/mol. The van der Waals surface area contributed by atoms with Gasteiger partial charge in [-0.1, -0.05) is 6.42 Å². The van der Waals surface area contributed by atoms with Crippen LogP contribution < -0.4 is 15.0 Å². The zero-order valence-electron chi connectivity index (χ0n) is 20.8. The van der Waals surface area contributed by atoms with Gasteiger partial charge in [0.2, 0.25) is 5.91 Å². The van der Waals surface area contributed by atoms with Gasteiger partial charge in [0.25, 0.3) is 5.91 Å². The van der Waals surface area contributed by atoms with Crippen LogP contribution in [-0.4, -0.2) is 40.8 Å². The number of carboxylic acids is 1. The summed E-state index contributed by atoms with van der Waals surface area (Å²) in [5.74, 6) is -2.39. The number of carbonyl (C=O) groups is 3. The van der Waals surface area contributed by atoms with Crippen LogP contribution in [0.25, 0.3) is 0 Å². The highest BCUT2D eigenvalue weighted by atomic mass is 19.4. The number of nitrogens with zero attached hydrogens (tertiary/aromatic N) is 2. The van der Waals surface area contributed by atoms with Gasteiger partial charge in [-0.2, -0.15) is 5.26 Å². The average Bonchev–Trinajstić information content (AvgIpc) is 3.49. The summed E-state index contributed by atoms with van der Waals surface area (Å²) in [4.78, 5) is 39.1. The Morgan fingerprint density at radius 1 is 1.10 bits per heavy atom. The first-order valence-electron chi connectivity index (χ1n) is 12.8. The van der Waals surface area contributed by atoms with Gasteiger partial charge in [-0.05, 0) is 79.6 Å². The highest BCUT2D eigenvalue weighted by Crippen LogP contribution is 2.60. The van der Waals surface area contributed by atoms with Gasteiger partial charge >= 0.3 is 12.3 Å². The fraction of sp³-hybridized carbons (Fsp3) is 0.429. The fourth-order valence-corrected chi connectivity index (χ4v) is 6.30. The van der Waals surface area contributed by atoms with Crippen LogP contribution in [-0.2, 0) is 9.59 Å². The Balaban J connectivity index is 1.50. The first-order valence-corrected chi connectivity index (χ1v) is 12.8. The van der Waals surface area contributed by atoms with Crippen molar-refractivity contribution >= 4 is 23.5 Å². The van der Waals surface area contributed by atoms with E-state index in [1.807, 2.05) is 0 Å². The van der Waals surface area contributed by atoms with Crippen LogP contribution >= 0.6 is 0 Å². The number of benzene rings is 2. The molecule has 11 heteroatoms. The lowest BCUT2D eigenvalue weighted by Crippen LogP contribution is -2.53. The van der Waals surface area contributed by atoms with Crippen molar-refractivity contribution in [2.24, 2.45) is 5.92 Å². The van der Waals surface area contributed by atoms with E-state index in [4.69, 9.17) is 5.11 Å². The molecule has 2 saturated carbocycles. The first kappa shape index (κ1) is 26.5. The van der Waals surface area contributed by atoms with Gasteiger partial charge in [0.15, 0.2) is 0 Å². The van der Waals surface area contributed by atoms with Gasteiger partial charge in [0.05, 0.1) is 18.1 Å². The summed E-state index contributed by atoms with van der Waals surface area (Å²) in [5.41, 5.74) is 1.39. The topological polar surface area (TPSA) is 120 Å². The maximum atomic E-state index is 13.8. The number of ether oxygens (including phenoxy) is 1. The maximum Gasteiger partial charge on any atom is 0.573 e. The van der Waals surface area contributed by atoms with E-state index >= 15 is 0 Å². The van der Waals surface area contributed by atoms with Gasteiger partial charge in [-0.25, -0.2) is 0 Å². The Labute approximate surface area is 222 Å². The summed E-state index contributed by atoms with van der Waals surface area (Å²) in [6.07, 6.45) is -1.51. The third kappa shape index (κ3) is 5.28. The van der Waals surface area contributed by atoms with E-state index in [0.29, 0.717) is 30.5 Å². The van der Waals surface area contributed by atoms with Gasteiger partial charge in [0.1, 0.15) is 5.75 Å². The van der Waals surface area contributed by atoms with Crippen LogP contribution in [0, 0.1) is 17.2 Å². The minimum Gasteiger partial charge on any atom is -0.481 e. The van der Waals surface area contributed by atoms with Gasteiger partial charge < -0.3 is 20.1 Å². The molecule has 0 spiro atoms. The molecule has 2 aromatic rings. The predicted octanol–water partition coefficient (Wildman–Crippen LogP) is 4.88. The highest BCUT2D eigenvalue weighted by molar-refractivity contribution is 6.07.